The van der Waals surface area contributed by atoms with Crippen molar-refractivity contribution >= 4 is 25.4 Å². The average molecular weight is 403 g/mol. The lowest BCUT2D eigenvalue weighted by molar-refractivity contribution is -0.384. The van der Waals surface area contributed by atoms with E-state index in [4.69, 9.17) is 0 Å². The minimum absolute atomic E-state index is 0.0312. The Morgan fingerprint density at radius 2 is 0.889 bits per heavy atom. The minimum atomic E-state index is -3.93. The van der Waals surface area contributed by atoms with Gasteiger partial charge in [0.25, 0.3) is 5.69 Å². The van der Waals surface area contributed by atoms with Crippen molar-refractivity contribution in [1.82, 2.24) is 0 Å². The number of sulfone groups is 2. The molecule has 0 spiro atoms. The molecule has 0 saturated carbocycles. The number of nitrogens with zero attached hydrogens (tertiary/aromatic N) is 1. The molecule has 0 radical (unpaired) electrons. The van der Waals surface area contributed by atoms with Crippen LogP contribution < -0.4 is 0 Å². The number of hydrogen-bond acceptors (Lipinski definition) is 6. The summed E-state index contributed by atoms with van der Waals surface area (Å²) in [6.07, 6.45) is 0. The van der Waals surface area contributed by atoms with Gasteiger partial charge in [-0.15, -0.1) is 0 Å². The highest BCUT2D eigenvalue weighted by Gasteiger charge is 2.21. The molecular formula is C18H13NO6S2. The van der Waals surface area contributed by atoms with Gasteiger partial charge in [0, 0.05) is 12.1 Å². The molecule has 0 heterocycles. The predicted octanol–water partition coefficient (Wildman–Crippen LogP) is 3.26. The molecule has 7 nitrogen and oxygen atoms in total. The van der Waals surface area contributed by atoms with Crippen LogP contribution in [0.15, 0.2) is 98.4 Å². The van der Waals surface area contributed by atoms with E-state index in [1.165, 1.54) is 36.4 Å². The summed E-state index contributed by atoms with van der Waals surface area (Å²) in [5.41, 5.74) is -0.224. The van der Waals surface area contributed by atoms with Gasteiger partial charge in [0.15, 0.2) is 0 Å². The van der Waals surface area contributed by atoms with Crippen LogP contribution in [0.2, 0.25) is 0 Å². The molecule has 0 atom stereocenters. The van der Waals surface area contributed by atoms with Crippen molar-refractivity contribution in [2.24, 2.45) is 0 Å². The first-order chi connectivity index (χ1) is 12.7. The van der Waals surface area contributed by atoms with E-state index in [0.717, 1.165) is 24.3 Å². The highest BCUT2D eigenvalue weighted by Crippen LogP contribution is 2.26. The van der Waals surface area contributed by atoms with Crippen LogP contribution in [-0.2, 0) is 19.7 Å². The van der Waals surface area contributed by atoms with E-state index in [1.807, 2.05) is 0 Å². The molecule has 0 aliphatic heterocycles. The standard InChI is InChI=1S/C18H13NO6S2/c20-19(21)14-6-8-16(9-7-14)27(24,25)18-12-10-17(11-13-18)26(22,23)15-4-2-1-3-5-15/h1-13H. The Kier molecular flexibility index (Phi) is 4.81. The van der Waals surface area contributed by atoms with Crippen LogP contribution in [0.1, 0.15) is 0 Å². The van der Waals surface area contributed by atoms with Crippen LogP contribution in [0, 0.1) is 10.1 Å². The van der Waals surface area contributed by atoms with Crippen LogP contribution >= 0.6 is 0 Å². The summed E-state index contributed by atoms with van der Waals surface area (Å²) in [5, 5.41) is 10.7. The van der Waals surface area contributed by atoms with Gasteiger partial charge < -0.3 is 0 Å². The first kappa shape index (κ1) is 18.7. The molecule has 3 aromatic carbocycles. The number of hydrogen-bond donors (Lipinski definition) is 0. The van der Waals surface area contributed by atoms with E-state index in [0.29, 0.717) is 0 Å². The summed E-state index contributed by atoms with van der Waals surface area (Å²) < 4.78 is 50.4. The predicted molar refractivity (Wildman–Crippen MR) is 96.9 cm³/mol. The summed E-state index contributed by atoms with van der Waals surface area (Å²) >= 11 is 0. The van der Waals surface area contributed by atoms with E-state index in [9.17, 15) is 26.9 Å². The molecule has 3 aromatic rings. The number of benzene rings is 3. The molecule has 0 aliphatic rings. The Morgan fingerprint density at radius 3 is 1.26 bits per heavy atom. The second kappa shape index (κ2) is 6.93. The molecule has 0 aromatic heterocycles. The minimum Gasteiger partial charge on any atom is -0.258 e. The van der Waals surface area contributed by atoms with Crippen molar-refractivity contribution in [2.75, 3.05) is 0 Å². The zero-order valence-electron chi connectivity index (χ0n) is 13.7. The van der Waals surface area contributed by atoms with Crippen LogP contribution in [0.3, 0.4) is 0 Å². The third kappa shape index (κ3) is 3.60. The summed E-state index contributed by atoms with van der Waals surface area (Å²) in [7, 11) is -7.68. The second-order valence-corrected chi connectivity index (χ2v) is 9.44. The van der Waals surface area contributed by atoms with Gasteiger partial charge in [-0.25, -0.2) is 16.8 Å². The van der Waals surface area contributed by atoms with Gasteiger partial charge in [-0.2, -0.15) is 0 Å². The number of nitro benzene ring substituents is 1. The maximum atomic E-state index is 12.6. The van der Waals surface area contributed by atoms with Crippen LogP contribution in [0.5, 0.6) is 0 Å². The summed E-state index contributed by atoms with van der Waals surface area (Å²) in [5.74, 6) is 0. The molecule has 0 saturated heterocycles. The molecule has 3 rings (SSSR count). The van der Waals surface area contributed by atoms with Crippen molar-refractivity contribution in [3.05, 3.63) is 89.0 Å². The van der Waals surface area contributed by atoms with Crippen LogP contribution in [0.25, 0.3) is 0 Å². The zero-order valence-corrected chi connectivity index (χ0v) is 15.4. The van der Waals surface area contributed by atoms with Gasteiger partial charge in [0.2, 0.25) is 19.7 Å². The molecule has 27 heavy (non-hydrogen) atoms. The number of rotatable bonds is 5. The summed E-state index contributed by atoms with van der Waals surface area (Å²) in [6.45, 7) is 0. The molecule has 0 aliphatic carbocycles. The molecular weight excluding hydrogens is 390 g/mol. The molecule has 9 heteroatoms. The molecule has 0 unspecified atom stereocenters. The first-order valence-corrected chi connectivity index (χ1v) is 10.6. The van der Waals surface area contributed by atoms with E-state index < -0.39 is 24.6 Å². The van der Waals surface area contributed by atoms with Crippen molar-refractivity contribution in [3.8, 4) is 0 Å². The van der Waals surface area contributed by atoms with Gasteiger partial charge in [-0.05, 0) is 48.5 Å². The lowest BCUT2D eigenvalue weighted by atomic mass is 10.3. The zero-order chi connectivity index (χ0) is 19.7. The van der Waals surface area contributed by atoms with Gasteiger partial charge in [0.05, 0.1) is 24.5 Å². The SMILES string of the molecule is O=[N+]([O-])c1ccc(S(=O)(=O)c2ccc(S(=O)(=O)c3ccccc3)cc2)cc1. The Bertz CT molecular complexity index is 1180. The van der Waals surface area contributed by atoms with Crippen molar-refractivity contribution < 1.29 is 21.8 Å². The third-order valence-electron chi connectivity index (χ3n) is 3.86. The van der Waals surface area contributed by atoms with Gasteiger partial charge in [-0.3, -0.25) is 10.1 Å². The largest absolute Gasteiger partial charge is 0.269 e. The van der Waals surface area contributed by atoms with Crippen molar-refractivity contribution in [2.45, 2.75) is 19.6 Å². The van der Waals surface area contributed by atoms with Crippen molar-refractivity contribution in [1.29, 1.82) is 0 Å². The molecule has 0 amide bonds. The quantitative estimate of drug-likeness (QED) is 0.477. The van der Waals surface area contributed by atoms with E-state index >= 15 is 0 Å². The lowest BCUT2D eigenvalue weighted by Gasteiger charge is -2.07. The average Bonchev–Trinajstić information content (AvgIpc) is 2.69. The monoisotopic (exact) mass is 403 g/mol. The fourth-order valence-corrected chi connectivity index (χ4v) is 4.96. The lowest BCUT2D eigenvalue weighted by Crippen LogP contribution is -2.05. The highest BCUT2D eigenvalue weighted by atomic mass is 32.2. The van der Waals surface area contributed by atoms with Gasteiger partial charge in [0.1, 0.15) is 0 Å². The molecule has 0 N–H and O–H groups in total. The maximum Gasteiger partial charge on any atom is 0.269 e. The maximum absolute atomic E-state index is 12.6. The Morgan fingerprint density at radius 1 is 0.556 bits per heavy atom. The van der Waals surface area contributed by atoms with Gasteiger partial charge >= 0.3 is 0 Å². The van der Waals surface area contributed by atoms with Crippen molar-refractivity contribution in [3.63, 3.8) is 0 Å². The molecule has 0 fully saturated rings. The van der Waals surface area contributed by atoms with Crippen LogP contribution in [-0.4, -0.2) is 21.8 Å². The Labute approximate surface area is 155 Å². The number of non-ortho nitro benzene ring substituents is 1. The Balaban J connectivity index is 1.96. The van der Waals surface area contributed by atoms with E-state index in [2.05, 4.69) is 0 Å². The summed E-state index contributed by atoms with van der Waals surface area (Å²) in [6, 6.07) is 17.1. The third-order valence-corrected chi connectivity index (χ3v) is 7.43. The molecule has 0 bridgehead atoms. The Hall–Kier alpha value is -3.04. The fourth-order valence-electron chi connectivity index (χ4n) is 2.42. The fraction of sp³-hybridized carbons (Fsp3) is 0. The first-order valence-electron chi connectivity index (χ1n) is 7.63. The highest BCUT2D eigenvalue weighted by molar-refractivity contribution is 7.92. The van der Waals surface area contributed by atoms with E-state index in [-0.39, 0.29) is 25.3 Å². The smallest absolute Gasteiger partial charge is 0.258 e. The topological polar surface area (TPSA) is 111 Å². The van der Waals surface area contributed by atoms with Gasteiger partial charge in [-0.1, -0.05) is 18.2 Å². The second-order valence-electron chi connectivity index (χ2n) is 5.54. The van der Waals surface area contributed by atoms with Crippen LogP contribution in [0.4, 0.5) is 5.69 Å². The molecule has 138 valence electrons. The summed E-state index contributed by atoms with van der Waals surface area (Å²) in [4.78, 5) is 9.90. The normalized spacial score (nSPS) is 11.9. The number of nitro groups is 1. The van der Waals surface area contributed by atoms with E-state index in [1.54, 1.807) is 18.2 Å².